The van der Waals surface area contributed by atoms with E-state index in [9.17, 15) is 0 Å². The zero-order valence-corrected chi connectivity index (χ0v) is 10.9. The van der Waals surface area contributed by atoms with Crippen molar-refractivity contribution in [1.29, 1.82) is 0 Å². The molecule has 1 aromatic heterocycles. The third-order valence-electron chi connectivity index (χ3n) is 3.55. The molecule has 1 fully saturated rings. The molecule has 0 bridgehead atoms. The summed E-state index contributed by atoms with van der Waals surface area (Å²) in [6, 6.07) is 5.83. The lowest BCUT2D eigenvalue weighted by Gasteiger charge is -2.01. The lowest BCUT2D eigenvalue weighted by Crippen LogP contribution is -1.97. The van der Waals surface area contributed by atoms with E-state index in [1.807, 2.05) is 18.2 Å². The maximum Gasteiger partial charge on any atom is 0.231 e. The van der Waals surface area contributed by atoms with Crippen LogP contribution in [0, 0.1) is 0 Å². The highest BCUT2D eigenvalue weighted by atomic mass is 16.7. The Bertz CT molecular complexity index is 619. The summed E-state index contributed by atoms with van der Waals surface area (Å²) in [6.45, 7) is 1.72. The molecule has 2 aliphatic heterocycles. The van der Waals surface area contributed by atoms with E-state index >= 15 is 0 Å². The molecular formula is C14H14N2O4. The van der Waals surface area contributed by atoms with Crippen LogP contribution in [0.4, 0.5) is 0 Å². The Kier molecular flexibility index (Phi) is 2.81. The van der Waals surface area contributed by atoms with Gasteiger partial charge in [-0.05, 0) is 24.1 Å². The van der Waals surface area contributed by atoms with Crippen molar-refractivity contribution in [3.8, 4) is 11.5 Å². The van der Waals surface area contributed by atoms with Gasteiger partial charge in [-0.1, -0.05) is 6.07 Å². The van der Waals surface area contributed by atoms with Crippen LogP contribution in [-0.2, 0) is 11.2 Å². The molecule has 1 aromatic carbocycles. The first-order valence-corrected chi connectivity index (χ1v) is 6.67. The van der Waals surface area contributed by atoms with Crippen LogP contribution in [0.3, 0.4) is 0 Å². The topological polar surface area (TPSA) is 66.6 Å². The van der Waals surface area contributed by atoms with Gasteiger partial charge in [0.25, 0.3) is 0 Å². The first kappa shape index (κ1) is 11.7. The van der Waals surface area contributed by atoms with Crippen molar-refractivity contribution in [2.75, 3.05) is 20.0 Å². The van der Waals surface area contributed by atoms with Gasteiger partial charge >= 0.3 is 0 Å². The number of aromatic nitrogens is 2. The van der Waals surface area contributed by atoms with Crippen molar-refractivity contribution in [2.45, 2.75) is 18.8 Å². The monoisotopic (exact) mass is 274 g/mol. The second kappa shape index (κ2) is 4.79. The predicted octanol–water partition coefficient (Wildman–Crippen LogP) is 1.89. The summed E-state index contributed by atoms with van der Waals surface area (Å²) in [4.78, 5) is 0. The molecule has 2 aromatic rings. The van der Waals surface area contributed by atoms with Crippen molar-refractivity contribution in [1.82, 2.24) is 10.2 Å². The molecule has 104 valence electrons. The second-order valence-corrected chi connectivity index (χ2v) is 4.96. The molecule has 4 rings (SSSR count). The van der Waals surface area contributed by atoms with E-state index < -0.39 is 0 Å². The number of rotatable bonds is 3. The lowest BCUT2D eigenvalue weighted by molar-refractivity contribution is 0.174. The molecule has 0 radical (unpaired) electrons. The Balaban J connectivity index is 1.51. The average molecular weight is 274 g/mol. The number of fused-ring (bicyclic) bond motifs is 1. The van der Waals surface area contributed by atoms with Crippen LogP contribution in [0.25, 0.3) is 0 Å². The van der Waals surface area contributed by atoms with Crippen LogP contribution in [-0.4, -0.2) is 30.2 Å². The molecule has 6 nitrogen and oxygen atoms in total. The van der Waals surface area contributed by atoms with Crippen LogP contribution < -0.4 is 9.47 Å². The summed E-state index contributed by atoms with van der Waals surface area (Å²) in [7, 11) is 0. The van der Waals surface area contributed by atoms with Crippen LogP contribution in [0.2, 0.25) is 0 Å². The van der Waals surface area contributed by atoms with Gasteiger partial charge in [-0.2, -0.15) is 0 Å². The lowest BCUT2D eigenvalue weighted by atomic mass is 10.1. The van der Waals surface area contributed by atoms with Gasteiger partial charge in [-0.15, -0.1) is 10.2 Å². The van der Waals surface area contributed by atoms with E-state index in [1.54, 1.807) is 0 Å². The van der Waals surface area contributed by atoms with Gasteiger partial charge in [0.2, 0.25) is 18.6 Å². The van der Waals surface area contributed by atoms with Gasteiger partial charge in [0.05, 0.1) is 18.9 Å². The minimum Gasteiger partial charge on any atom is -0.454 e. The second-order valence-electron chi connectivity index (χ2n) is 4.96. The normalized spacial score (nSPS) is 20.5. The predicted molar refractivity (Wildman–Crippen MR) is 67.8 cm³/mol. The highest BCUT2D eigenvalue weighted by molar-refractivity contribution is 5.44. The summed E-state index contributed by atoms with van der Waals surface area (Å²) in [5.41, 5.74) is 1.06. The molecule has 2 aliphatic rings. The van der Waals surface area contributed by atoms with Crippen LogP contribution in [0.5, 0.6) is 11.5 Å². The van der Waals surface area contributed by atoms with Gasteiger partial charge in [-0.25, -0.2) is 0 Å². The van der Waals surface area contributed by atoms with Gasteiger partial charge in [-0.3, -0.25) is 0 Å². The summed E-state index contributed by atoms with van der Waals surface area (Å²) in [6.07, 6.45) is 1.54. The highest BCUT2D eigenvalue weighted by Crippen LogP contribution is 2.33. The third-order valence-corrected chi connectivity index (χ3v) is 3.55. The first-order valence-electron chi connectivity index (χ1n) is 6.67. The van der Waals surface area contributed by atoms with Crippen LogP contribution in [0.1, 0.15) is 29.7 Å². The van der Waals surface area contributed by atoms with Crippen molar-refractivity contribution in [3.05, 3.63) is 35.5 Å². The summed E-state index contributed by atoms with van der Waals surface area (Å²) < 4.78 is 21.7. The standard InChI is InChI=1S/C14H14N2O4/c1-2-11-12(19-8-18-11)5-9(1)6-13-15-16-14(20-13)10-3-4-17-7-10/h1-2,5,10H,3-4,6-8H2/t10-/m1/s1. The number of nitrogens with zero attached hydrogens (tertiary/aromatic N) is 2. The molecule has 1 saturated heterocycles. The Hall–Kier alpha value is -2.08. The Morgan fingerprint density at radius 1 is 1.15 bits per heavy atom. The van der Waals surface area contributed by atoms with E-state index in [-0.39, 0.29) is 12.7 Å². The zero-order chi connectivity index (χ0) is 13.4. The third kappa shape index (κ3) is 2.12. The number of hydrogen-bond acceptors (Lipinski definition) is 6. The van der Waals surface area contributed by atoms with Gasteiger partial charge in [0, 0.05) is 6.61 Å². The molecule has 6 heteroatoms. The van der Waals surface area contributed by atoms with E-state index in [1.165, 1.54) is 0 Å². The number of hydrogen-bond donors (Lipinski definition) is 0. The Morgan fingerprint density at radius 3 is 3.00 bits per heavy atom. The fourth-order valence-electron chi connectivity index (χ4n) is 2.46. The molecule has 0 N–H and O–H groups in total. The maximum absolute atomic E-state index is 5.72. The zero-order valence-electron chi connectivity index (χ0n) is 10.9. The minimum atomic E-state index is 0.244. The largest absolute Gasteiger partial charge is 0.454 e. The maximum atomic E-state index is 5.72. The molecule has 0 aliphatic carbocycles. The van der Waals surface area contributed by atoms with Crippen molar-refractivity contribution in [2.24, 2.45) is 0 Å². The number of benzene rings is 1. The van der Waals surface area contributed by atoms with E-state index in [0.29, 0.717) is 24.8 Å². The quantitative estimate of drug-likeness (QED) is 0.851. The van der Waals surface area contributed by atoms with Crippen molar-refractivity contribution >= 4 is 0 Å². The van der Waals surface area contributed by atoms with Gasteiger partial charge in [0.1, 0.15) is 0 Å². The first-order chi connectivity index (χ1) is 9.88. The fraction of sp³-hybridized carbons (Fsp3) is 0.429. The van der Waals surface area contributed by atoms with E-state index in [2.05, 4.69) is 10.2 Å². The average Bonchev–Trinajstić information content (AvgIpc) is 3.19. The van der Waals surface area contributed by atoms with E-state index in [4.69, 9.17) is 18.6 Å². The van der Waals surface area contributed by atoms with Crippen LogP contribution >= 0.6 is 0 Å². The van der Waals surface area contributed by atoms with Gasteiger partial charge < -0.3 is 18.6 Å². The van der Waals surface area contributed by atoms with Crippen molar-refractivity contribution < 1.29 is 18.6 Å². The molecule has 0 spiro atoms. The molecule has 1 atom stereocenters. The molecule has 0 saturated carbocycles. The molecular weight excluding hydrogens is 260 g/mol. The Labute approximate surface area is 115 Å². The minimum absolute atomic E-state index is 0.244. The highest BCUT2D eigenvalue weighted by Gasteiger charge is 2.23. The summed E-state index contributed by atoms with van der Waals surface area (Å²) in [5, 5.41) is 8.22. The summed E-state index contributed by atoms with van der Waals surface area (Å²) in [5.74, 6) is 3.09. The smallest absolute Gasteiger partial charge is 0.231 e. The number of ether oxygens (including phenoxy) is 3. The molecule has 3 heterocycles. The molecule has 0 unspecified atom stereocenters. The van der Waals surface area contributed by atoms with E-state index in [0.717, 1.165) is 30.1 Å². The van der Waals surface area contributed by atoms with Gasteiger partial charge in [0.15, 0.2) is 11.5 Å². The molecule has 0 amide bonds. The summed E-state index contributed by atoms with van der Waals surface area (Å²) >= 11 is 0. The van der Waals surface area contributed by atoms with Crippen LogP contribution in [0.15, 0.2) is 22.6 Å². The SMILES string of the molecule is c1cc2c(cc1Cc1nnc([C@@H]3CCOC3)o1)OCO2. The fourth-order valence-corrected chi connectivity index (χ4v) is 2.46. The Morgan fingerprint density at radius 2 is 2.10 bits per heavy atom. The van der Waals surface area contributed by atoms with Crippen molar-refractivity contribution in [3.63, 3.8) is 0 Å². The molecule has 20 heavy (non-hydrogen) atoms.